The number of nitro groups is 1. The van der Waals surface area contributed by atoms with E-state index in [0.717, 1.165) is 18.2 Å². The minimum atomic E-state index is -0.748. The Morgan fingerprint density at radius 3 is 2.82 bits per heavy atom. The fourth-order valence-corrected chi connectivity index (χ4v) is 1.26. The molecule has 1 aromatic heterocycles. The molecular weight excluding hydrogens is 231 g/mol. The van der Waals surface area contributed by atoms with Crippen molar-refractivity contribution in [3.05, 3.63) is 40.0 Å². The van der Waals surface area contributed by atoms with Gasteiger partial charge in [-0.3, -0.25) is 10.1 Å². The number of hydrogen-bond acceptors (Lipinski definition) is 6. The number of hydrogen-bond donors (Lipinski definition) is 1. The molecule has 0 saturated heterocycles. The number of nitrogens with two attached hydrogens (primary N) is 1. The Balaban J connectivity index is 2.47. The molecule has 0 fully saturated rings. The van der Waals surface area contributed by atoms with Crippen LogP contribution < -0.4 is 5.73 Å². The third kappa shape index (κ3) is 2.26. The second kappa shape index (κ2) is 4.26. The number of rotatable bonds is 3. The zero-order valence-corrected chi connectivity index (χ0v) is 8.46. The van der Waals surface area contributed by atoms with Gasteiger partial charge in [0.15, 0.2) is 5.82 Å². The maximum Gasteiger partial charge on any atom is 0.273 e. The van der Waals surface area contributed by atoms with Gasteiger partial charge in [-0.25, -0.2) is 4.39 Å². The number of benzene rings is 1. The van der Waals surface area contributed by atoms with Gasteiger partial charge in [0, 0.05) is 11.6 Å². The minimum Gasteiger partial charge on any atom is -0.334 e. The van der Waals surface area contributed by atoms with E-state index >= 15 is 0 Å². The minimum absolute atomic E-state index is 0.00644. The summed E-state index contributed by atoms with van der Waals surface area (Å²) in [5, 5.41) is 14.1. The molecule has 0 aliphatic heterocycles. The quantitative estimate of drug-likeness (QED) is 0.636. The van der Waals surface area contributed by atoms with E-state index in [1.165, 1.54) is 0 Å². The van der Waals surface area contributed by atoms with Gasteiger partial charge in [0.1, 0.15) is 5.82 Å². The highest BCUT2D eigenvalue weighted by Gasteiger charge is 2.15. The highest BCUT2D eigenvalue weighted by Crippen LogP contribution is 2.24. The first kappa shape index (κ1) is 11.1. The maximum absolute atomic E-state index is 13.1. The Labute approximate surface area is 94.2 Å². The summed E-state index contributed by atoms with van der Waals surface area (Å²) >= 11 is 0. The van der Waals surface area contributed by atoms with Gasteiger partial charge in [-0.15, -0.1) is 0 Å². The van der Waals surface area contributed by atoms with Crippen molar-refractivity contribution < 1.29 is 13.8 Å². The van der Waals surface area contributed by atoms with Crippen molar-refractivity contribution in [1.82, 2.24) is 10.1 Å². The summed E-state index contributed by atoms with van der Waals surface area (Å²) in [4.78, 5) is 13.7. The van der Waals surface area contributed by atoms with E-state index in [9.17, 15) is 14.5 Å². The van der Waals surface area contributed by atoms with Crippen molar-refractivity contribution in [3.8, 4) is 11.5 Å². The molecule has 8 heteroatoms. The van der Waals surface area contributed by atoms with Crippen LogP contribution in [-0.2, 0) is 6.54 Å². The van der Waals surface area contributed by atoms with Crippen LogP contribution >= 0.6 is 0 Å². The molecule has 0 amide bonds. The average molecular weight is 238 g/mol. The fourth-order valence-electron chi connectivity index (χ4n) is 1.26. The smallest absolute Gasteiger partial charge is 0.273 e. The third-order valence-electron chi connectivity index (χ3n) is 1.99. The van der Waals surface area contributed by atoms with Gasteiger partial charge >= 0.3 is 0 Å². The molecule has 0 atom stereocenters. The second-order valence-corrected chi connectivity index (χ2v) is 3.18. The Hall–Kier alpha value is -2.35. The lowest BCUT2D eigenvalue weighted by Gasteiger charge is -1.96. The molecule has 1 heterocycles. The van der Waals surface area contributed by atoms with Crippen molar-refractivity contribution in [1.29, 1.82) is 0 Å². The highest BCUT2D eigenvalue weighted by molar-refractivity contribution is 5.57. The zero-order valence-electron chi connectivity index (χ0n) is 8.46. The lowest BCUT2D eigenvalue weighted by Crippen LogP contribution is -1.97. The molecule has 2 N–H and O–H groups in total. The largest absolute Gasteiger partial charge is 0.334 e. The van der Waals surface area contributed by atoms with Crippen molar-refractivity contribution >= 4 is 5.69 Å². The van der Waals surface area contributed by atoms with E-state index in [-0.39, 0.29) is 29.5 Å². The van der Waals surface area contributed by atoms with Crippen molar-refractivity contribution in [2.45, 2.75) is 6.54 Å². The molecule has 17 heavy (non-hydrogen) atoms. The van der Waals surface area contributed by atoms with Crippen LogP contribution in [0.3, 0.4) is 0 Å². The fraction of sp³-hybridized carbons (Fsp3) is 0.111. The summed E-state index contributed by atoms with van der Waals surface area (Å²) in [6.45, 7) is 0.0703. The lowest BCUT2D eigenvalue weighted by atomic mass is 10.2. The van der Waals surface area contributed by atoms with Crippen LogP contribution in [0, 0.1) is 15.9 Å². The van der Waals surface area contributed by atoms with Gasteiger partial charge in [0.05, 0.1) is 17.5 Å². The molecule has 0 bridgehead atoms. The molecule has 7 nitrogen and oxygen atoms in total. The standard InChI is InChI=1S/C9H7FN4O3/c10-6-1-5(2-7(3-6)14(15)16)9-12-8(4-11)13-17-9/h1-3H,4,11H2. The van der Waals surface area contributed by atoms with Crippen LogP contribution in [0.15, 0.2) is 22.7 Å². The summed E-state index contributed by atoms with van der Waals surface area (Å²) < 4.78 is 17.9. The molecule has 2 rings (SSSR count). The van der Waals surface area contributed by atoms with Gasteiger partial charge in [-0.1, -0.05) is 5.16 Å². The zero-order chi connectivity index (χ0) is 12.4. The molecule has 0 unspecified atom stereocenters. The van der Waals surface area contributed by atoms with Crippen molar-refractivity contribution in [3.63, 3.8) is 0 Å². The first-order valence-corrected chi connectivity index (χ1v) is 4.58. The van der Waals surface area contributed by atoms with Crippen molar-refractivity contribution in [2.75, 3.05) is 0 Å². The molecule has 0 aliphatic carbocycles. The lowest BCUT2D eigenvalue weighted by molar-refractivity contribution is -0.385. The van der Waals surface area contributed by atoms with E-state index < -0.39 is 10.7 Å². The first-order chi connectivity index (χ1) is 8.10. The van der Waals surface area contributed by atoms with Crippen LogP contribution in [0.5, 0.6) is 0 Å². The molecule has 0 radical (unpaired) electrons. The Kier molecular flexibility index (Phi) is 2.79. The molecule has 2 aromatic rings. The summed E-state index contributed by atoms with van der Waals surface area (Å²) in [5.41, 5.74) is 5.04. The topological polar surface area (TPSA) is 108 Å². The van der Waals surface area contributed by atoms with Gasteiger partial charge in [0.25, 0.3) is 11.6 Å². The van der Waals surface area contributed by atoms with E-state index in [1.54, 1.807) is 0 Å². The summed E-state index contributed by atoms with van der Waals surface area (Å²) in [6, 6.07) is 3.03. The summed E-state index contributed by atoms with van der Waals surface area (Å²) in [7, 11) is 0. The maximum atomic E-state index is 13.1. The third-order valence-corrected chi connectivity index (χ3v) is 1.99. The van der Waals surface area contributed by atoms with Gasteiger partial charge < -0.3 is 10.3 Å². The number of nitrogens with zero attached hydrogens (tertiary/aromatic N) is 3. The number of halogens is 1. The first-order valence-electron chi connectivity index (χ1n) is 4.58. The molecular formula is C9H7FN4O3. The predicted molar refractivity (Wildman–Crippen MR) is 54.2 cm³/mol. The monoisotopic (exact) mass is 238 g/mol. The van der Waals surface area contributed by atoms with Crippen LogP contribution in [0.4, 0.5) is 10.1 Å². The average Bonchev–Trinajstić information content (AvgIpc) is 2.76. The number of aromatic nitrogens is 2. The SMILES string of the molecule is NCc1noc(-c2cc(F)cc([N+](=O)[O-])c2)n1. The van der Waals surface area contributed by atoms with E-state index in [0.29, 0.717) is 0 Å². The van der Waals surface area contributed by atoms with E-state index in [2.05, 4.69) is 10.1 Å². The molecule has 88 valence electrons. The van der Waals surface area contributed by atoms with Crippen LogP contribution in [0.2, 0.25) is 0 Å². The van der Waals surface area contributed by atoms with Gasteiger partial charge in [-0.05, 0) is 6.07 Å². The highest BCUT2D eigenvalue weighted by atomic mass is 19.1. The summed E-state index contributed by atoms with van der Waals surface area (Å²) in [5.74, 6) is -0.512. The van der Waals surface area contributed by atoms with Crippen LogP contribution in [0.1, 0.15) is 5.82 Å². The molecule has 0 aliphatic rings. The van der Waals surface area contributed by atoms with Gasteiger partial charge in [0.2, 0.25) is 0 Å². The normalized spacial score (nSPS) is 10.5. The Morgan fingerprint density at radius 1 is 1.47 bits per heavy atom. The second-order valence-electron chi connectivity index (χ2n) is 3.18. The molecule has 0 saturated carbocycles. The predicted octanol–water partition coefficient (Wildman–Crippen LogP) is 1.24. The number of non-ortho nitro benzene ring substituents is 1. The van der Waals surface area contributed by atoms with Gasteiger partial charge in [-0.2, -0.15) is 4.98 Å². The van der Waals surface area contributed by atoms with Crippen LogP contribution in [-0.4, -0.2) is 15.1 Å². The Morgan fingerprint density at radius 2 is 2.24 bits per heavy atom. The van der Waals surface area contributed by atoms with Crippen molar-refractivity contribution in [2.24, 2.45) is 5.73 Å². The van der Waals surface area contributed by atoms with E-state index in [1.807, 2.05) is 0 Å². The molecule has 0 spiro atoms. The van der Waals surface area contributed by atoms with E-state index in [4.69, 9.17) is 10.3 Å². The van der Waals surface area contributed by atoms with Crippen LogP contribution in [0.25, 0.3) is 11.5 Å². The molecule has 1 aromatic carbocycles. The Bertz CT molecular complexity index is 569. The number of nitro benzene ring substituents is 1. The summed E-state index contributed by atoms with van der Waals surface area (Å²) in [6.07, 6.45) is 0.